The van der Waals surface area contributed by atoms with Gasteiger partial charge in [-0.25, -0.2) is 14.4 Å². The van der Waals surface area contributed by atoms with Gasteiger partial charge in [0.15, 0.2) is 0 Å². The minimum Gasteiger partial charge on any atom is -0.437 e. The zero-order chi connectivity index (χ0) is 16.7. The van der Waals surface area contributed by atoms with E-state index in [9.17, 15) is 4.39 Å². The molecule has 4 rings (SSSR count). The number of aromatic nitrogens is 2. The molecule has 0 spiro atoms. The van der Waals surface area contributed by atoms with E-state index in [2.05, 4.69) is 25.9 Å². The molecule has 0 atom stereocenters. The second kappa shape index (κ2) is 6.00. The van der Waals surface area contributed by atoms with E-state index in [-0.39, 0.29) is 5.82 Å². The smallest absolute Gasteiger partial charge is 0.231 e. The van der Waals surface area contributed by atoms with E-state index in [0.717, 1.165) is 21.2 Å². The molecule has 3 nitrogen and oxygen atoms in total. The molecule has 0 unspecified atom stereocenters. The number of hydrogen-bond acceptors (Lipinski definition) is 3. The molecule has 4 aromatic rings. The van der Waals surface area contributed by atoms with Crippen LogP contribution in [0.5, 0.6) is 0 Å². The molecule has 0 saturated heterocycles. The van der Waals surface area contributed by atoms with Crippen LogP contribution in [0.2, 0.25) is 5.15 Å². The third-order valence-corrected chi connectivity index (χ3v) is 4.50. The van der Waals surface area contributed by atoms with Crippen LogP contribution in [-0.2, 0) is 0 Å². The number of furan rings is 1. The van der Waals surface area contributed by atoms with Gasteiger partial charge in [0.1, 0.15) is 23.1 Å². The summed E-state index contributed by atoms with van der Waals surface area (Å²) in [7, 11) is 0. The van der Waals surface area contributed by atoms with Crippen LogP contribution in [0.1, 0.15) is 0 Å². The van der Waals surface area contributed by atoms with Crippen LogP contribution < -0.4 is 0 Å². The number of halogens is 3. The van der Waals surface area contributed by atoms with Crippen molar-refractivity contribution in [1.82, 2.24) is 9.97 Å². The molecule has 118 valence electrons. The van der Waals surface area contributed by atoms with Crippen molar-refractivity contribution in [3.05, 3.63) is 70.3 Å². The third-order valence-electron chi connectivity index (χ3n) is 3.68. The van der Waals surface area contributed by atoms with Crippen molar-refractivity contribution in [2.24, 2.45) is 0 Å². The molecule has 0 fully saturated rings. The Kier molecular flexibility index (Phi) is 3.82. The van der Waals surface area contributed by atoms with E-state index in [1.165, 1.54) is 18.5 Å². The zero-order valence-corrected chi connectivity index (χ0v) is 14.5. The molecule has 6 heteroatoms. The highest BCUT2D eigenvalue weighted by molar-refractivity contribution is 9.10. The number of benzene rings is 2. The lowest BCUT2D eigenvalue weighted by Crippen LogP contribution is -1.84. The van der Waals surface area contributed by atoms with Gasteiger partial charge >= 0.3 is 0 Å². The summed E-state index contributed by atoms with van der Waals surface area (Å²) in [6.07, 6.45) is 1.36. The first-order chi connectivity index (χ1) is 11.6. The predicted octanol–water partition coefficient (Wildman–Crippen LogP) is 6.11. The highest BCUT2D eigenvalue weighted by Crippen LogP contribution is 2.42. The monoisotopic (exact) mass is 402 g/mol. The van der Waals surface area contributed by atoms with E-state index < -0.39 is 0 Å². The van der Waals surface area contributed by atoms with Crippen molar-refractivity contribution in [3.63, 3.8) is 0 Å². The Morgan fingerprint density at radius 3 is 2.29 bits per heavy atom. The van der Waals surface area contributed by atoms with Crippen LogP contribution in [-0.4, -0.2) is 9.97 Å². The first-order valence-electron chi connectivity index (χ1n) is 7.08. The maximum atomic E-state index is 13.3. The lowest BCUT2D eigenvalue weighted by Gasteiger charge is -2.04. The molecule has 0 aliphatic rings. The van der Waals surface area contributed by atoms with Crippen molar-refractivity contribution >= 4 is 38.6 Å². The largest absolute Gasteiger partial charge is 0.437 e. The predicted molar refractivity (Wildman–Crippen MR) is 95.3 cm³/mol. The summed E-state index contributed by atoms with van der Waals surface area (Å²) in [5.74, 6) is 0.311. The van der Waals surface area contributed by atoms with Crippen LogP contribution >= 0.6 is 27.5 Å². The normalized spacial score (nSPS) is 11.1. The SMILES string of the molecule is Fc1ccc(-c2c(-c3ccc(Br)cc3)oc3ncnc(Cl)c23)cc1. The van der Waals surface area contributed by atoms with Crippen LogP contribution in [0.15, 0.2) is 63.7 Å². The Bertz CT molecular complexity index is 1030. The lowest BCUT2D eigenvalue weighted by atomic mass is 10.00. The molecule has 0 bridgehead atoms. The summed E-state index contributed by atoms with van der Waals surface area (Å²) in [6.45, 7) is 0. The Morgan fingerprint density at radius 2 is 1.58 bits per heavy atom. The number of nitrogens with zero attached hydrogens (tertiary/aromatic N) is 2. The first kappa shape index (κ1) is 15.3. The van der Waals surface area contributed by atoms with Gasteiger partial charge in [-0.3, -0.25) is 0 Å². The average Bonchev–Trinajstić information content (AvgIpc) is 2.97. The second-order valence-corrected chi connectivity index (χ2v) is 6.44. The molecule has 0 amide bonds. The lowest BCUT2D eigenvalue weighted by molar-refractivity contribution is 0.618. The quantitative estimate of drug-likeness (QED) is 0.379. The molecule has 2 aromatic carbocycles. The van der Waals surface area contributed by atoms with Gasteiger partial charge in [0.05, 0.1) is 5.39 Å². The van der Waals surface area contributed by atoms with Crippen molar-refractivity contribution in [1.29, 1.82) is 0 Å². The standard InChI is InChI=1S/C18H9BrClFN2O/c19-12-5-1-11(2-6-12)16-14(10-3-7-13(21)8-4-10)15-17(20)22-9-23-18(15)24-16/h1-9H. The third kappa shape index (κ3) is 2.60. The number of rotatable bonds is 2. The van der Waals surface area contributed by atoms with E-state index >= 15 is 0 Å². The summed E-state index contributed by atoms with van der Waals surface area (Å²) < 4.78 is 20.2. The summed E-state index contributed by atoms with van der Waals surface area (Å²) in [5, 5.41) is 0.912. The average molecular weight is 404 g/mol. The topological polar surface area (TPSA) is 38.9 Å². The van der Waals surface area contributed by atoms with Crippen LogP contribution in [0.4, 0.5) is 4.39 Å². The summed E-state index contributed by atoms with van der Waals surface area (Å²) in [6, 6.07) is 13.9. The molecule has 0 radical (unpaired) electrons. The second-order valence-electron chi connectivity index (χ2n) is 5.16. The van der Waals surface area contributed by atoms with Gasteiger partial charge in [-0.15, -0.1) is 0 Å². The minimum absolute atomic E-state index is 0.298. The minimum atomic E-state index is -0.306. The van der Waals surface area contributed by atoms with Crippen molar-refractivity contribution in [2.75, 3.05) is 0 Å². The maximum absolute atomic E-state index is 13.3. The van der Waals surface area contributed by atoms with E-state index in [1.54, 1.807) is 12.1 Å². The van der Waals surface area contributed by atoms with Gasteiger partial charge in [0.25, 0.3) is 0 Å². The summed E-state index contributed by atoms with van der Waals surface area (Å²) >= 11 is 9.70. The maximum Gasteiger partial charge on any atom is 0.231 e. The van der Waals surface area contributed by atoms with Crippen LogP contribution in [0.3, 0.4) is 0 Å². The van der Waals surface area contributed by atoms with E-state index in [4.69, 9.17) is 16.0 Å². The molecule has 24 heavy (non-hydrogen) atoms. The first-order valence-corrected chi connectivity index (χ1v) is 8.25. The Hall–Kier alpha value is -2.24. The van der Waals surface area contributed by atoms with Crippen LogP contribution in [0.25, 0.3) is 33.6 Å². The van der Waals surface area contributed by atoms with E-state index in [1.807, 2.05) is 24.3 Å². The summed E-state index contributed by atoms with van der Waals surface area (Å²) in [4.78, 5) is 8.21. The molecular weight excluding hydrogens is 395 g/mol. The fourth-order valence-corrected chi connectivity index (χ4v) is 3.08. The molecular formula is C18H9BrClFN2O. The highest BCUT2D eigenvalue weighted by Gasteiger charge is 2.21. The molecule has 0 saturated carbocycles. The molecule has 2 aromatic heterocycles. The Morgan fingerprint density at radius 1 is 0.917 bits per heavy atom. The fourth-order valence-electron chi connectivity index (χ4n) is 2.59. The van der Waals surface area contributed by atoms with E-state index in [0.29, 0.717) is 22.0 Å². The Balaban J connectivity index is 2.06. The number of hydrogen-bond donors (Lipinski definition) is 0. The molecule has 2 heterocycles. The summed E-state index contributed by atoms with van der Waals surface area (Å²) in [5.41, 5.74) is 2.79. The van der Waals surface area contributed by atoms with Gasteiger partial charge in [-0.2, -0.15) is 0 Å². The Labute approximate surface area is 150 Å². The molecule has 0 N–H and O–H groups in total. The fraction of sp³-hybridized carbons (Fsp3) is 0. The van der Waals surface area contributed by atoms with Gasteiger partial charge in [0, 0.05) is 15.6 Å². The van der Waals surface area contributed by atoms with Crippen molar-refractivity contribution < 1.29 is 8.81 Å². The van der Waals surface area contributed by atoms with Crippen molar-refractivity contribution in [3.8, 4) is 22.5 Å². The number of fused-ring (bicyclic) bond motifs is 1. The molecule has 0 aliphatic heterocycles. The van der Waals surface area contributed by atoms with Gasteiger partial charge < -0.3 is 4.42 Å². The van der Waals surface area contributed by atoms with Gasteiger partial charge in [-0.05, 0) is 29.8 Å². The van der Waals surface area contributed by atoms with Gasteiger partial charge in [-0.1, -0.05) is 51.8 Å². The molecule has 0 aliphatic carbocycles. The highest BCUT2D eigenvalue weighted by atomic mass is 79.9. The van der Waals surface area contributed by atoms with Crippen molar-refractivity contribution in [2.45, 2.75) is 0 Å². The van der Waals surface area contributed by atoms with Gasteiger partial charge in [0.2, 0.25) is 5.71 Å². The van der Waals surface area contributed by atoms with Crippen LogP contribution in [0, 0.1) is 5.82 Å². The zero-order valence-electron chi connectivity index (χ0n) is 12.1.